The zero-order valence-corrected chi connectivity index (χ0v) is 7.99. The van der Waals surface area contributed by atoms with Gasteiger partial charge in [-0.3, -0.25) is 4.79 Å². The molecule has 0 spiro atoms. The van der Waals surface area contributed by atoms with E-state index in [0.29, 0.717) is 12.3 Å². The number of fused-ring (bicyclic) bond motifs is 1. The fourth-order valence-electron chi connectivity index (χ4n) is 1.95. The summed E-state index contributed by atoms with van der Waals surface area (Å²) in [4.78, 5) is 20.3. The quantitative estimate of drug-likeness (QED) is 0.675. The molecule has 3 heteroatoms. The number of nitrogens with zero attached hydrogens (tertiary/aromatic N) is 2. The highest BCUT2D eigenvalue weighted by atomic mass is 16.1. The maximum absolute atomic E-state index is 11.5. The van der Waals surface area contributed by atoms with Crippen molar-refractivity contribution < 1.29 is 4.79 Å². The summed E-state index contributed by atoms with van der Waals surface area (Å²) in [5.74, 6) is 1.75. The lowest BCUT2D eigenvalue weighted by molar-refractivity contribution is 0.0971. The van der Waals surface area contributed by atoms with Crippen molar-refractivity contribution >= 4 is 5.78 Å². The fourth-order valence-corrected chi connectivity index (χ4v) is 1.95. The summed E-state index contributed by atoms with van der Waals surface area (Å²) in [7, 11) is 0. The predicted octanol–water partition coefficient (Wildman–Crippen LogP) is 1.87. The van der Waals surface area contributed by atoms with Crippen LogP contribution in [0.1, 0.15) is 53.5 Å². The minimum absolute atomic E-state index is 0.216. The molecule has 0 atom stereocenters. The number of carbonyl (C=O) groups is 1. The predicted molar refractivity (Wildman–Crippen MR) is 51.3 cm³/mol. The molecule has 2 aliphatic carbocycles. The Morgan fingerprint density at radius 1 is 1.29 bits per heavy atom. The third kappa shape index (κ3) is 1.24. The average Bonchev–Trinajstić information content (AvgIpc) is 3.01. The van der Waals surface area contributed by atoms with Gasteiger partial charge in [-0.15, -0.1) is 0 Å². The molecular formula is C11H12N2O. The number of Topliss-reactive ketones (excluding diaryl/α,β-unsaturated/α-hetero) is 1. The number of rotatable bonds is 1. The molecular weight excluding hydrogens is 176 g/mol. The molecule has 3 rings (SSSR count). The third-order valence-electron chi connectivity index (χ3n) is 2.95. The van der Waals surface area contributed by atoms with Crippen LogP contribution in [0.5, 0.6) is 0 Å². The van der Waals surface area contributed by atoms with E-state index in [9.17, 15) is 4.79 Å². The fraction of sp³-hybridized carbons (Fsp3) is 0.545. The summed E-state index contributed by atoms with van der Waals surface area (Å²) >= 11 is 0. The van der Waals surface area contributed by atoms with Crippen molar-refractivity contribution in [1.82, 2.24) is 9.97 Å². The lowest BCUT2D eigenvalue weighted by Crippen LogP contribution is -2.14. The van der Waals surface area contributed by atoms with Crippen LogP contribution in [0.25, 0.3) is 0 Å². The summed E-state index contributed by atoms with van der Waals surface area (Å²) in [5.41, 5.74) is 1.75. The van der Waals surface area contributed by atoms with Gasteiger partial charge in [-0.25, -0.2) is 9.97 Å². The van der Waals surface area contributed by atoms with Gasteiger partial charge in [0.05, 0.1) is 11.3 Å². The number of hydrogen-bond donors (Lipinski definition) is 0. The van der Waals surface area contributed by atoms with Crippen LogP contribution < -0.4 is 0 Å². The van der Waals surface area contributed by atoms with Crippen molar-refractivity contribution in [2.24, 2.45) is 0 Å². The van der Waals surface area contributed by atoms with E-state index in [1.807, 2.05) is 0 Å². The van der Waals surface area contributed by atoms with E-state index < -0.39 is 0 Å². The zero-order chi connectivity index (χ0) is 9.54. The van der Waals surface area contributed by atoms with Crippen LogP contribution in [-0.4, -0.2) is 15.8 Å². The second kappa shape index (κ2) is 2.87. The van der Waals surface area contributed by atoms with Crippen molar-refractivity contribution in [2.45, 2.75) is 38.0 Å². The second-order valence-corrected chi connectivity index (χ2v) is 4.14. The monoisotopic (exact) mass is 188 g/mol. The van der Waals surface area contributed by atoms with E-state index >= 15 is 0 Å². The van der Waals surface area contributed by atoms with Crippen LogP contribution in [0.15, 0.2) is 6.20 Å². The first-order chi connectivity index (χ1) is 6.84. The Morgan fingerprint density at radius 2 is 2.14 bits per heavy atom. The van der Waals surface area contributed by atoms with Crippen LogP contribution in [-0.2, 0) is 6.42 Å². The molecule has 1 fully saturated rings. The van der Waals surface area contributed by atoms with Gasteiger partial charge in [-0.05, 0) is 25.7 Å². The van der Waals surface area contributed by atoms with Gasteiger partial charge in [0.15, 0.2) is 5.78 Å². The molecule has 0 amide bonds. The van der Waals surface area contributed by atoms with Crippen LogP contribution in [0.3, 0.4) is 0 Å². The van der Waals surface area contributed by atoms with E-state index in [1.165, 1.54) is 12.8 Å². The first kappa shape index (κ1) is 8.09. The number of aryl methyl sites for hydroxylation is 1. The Hall–Kier alpha value is -1.25. The van der Waals surface area contributed by atoms with E-state index in [4.69, 9.17) is 0 Å². The van der Waals surface area contributed by atoms with Gasteiger partial charge in [-0.1, -0.05) is 0 Å². The zero-order valence-electron chi connectivity index (χ0n) is 7.99. The maximum atomic E-state index is 11.5. The van der Waals surface area contributed by atoms with Crippen LogP contribution in [0, 0.1) is 0 Å². The molecule has 0 aliphatic heterocycles. The SMILES string of the molecule is O=C1CCCc2nc(C3CC3)ncc21. The first-order valence-corrected chi connectivity index (χ1v) is 5.23. The van der Waals surface area contributed by atoms with Crippen LogP contribution in [0.4, 0.5) is 0 Å². The van der Waals surface area contributed by atoms with Crippen molar-refractivity contribution in [3.05, 3.63) is 23.3 Å². The third-order valence-corrected chi connectivity index (χ3v) is 2.95. The maximum Gasteiger partial charge on any atom is 0.166 e. The summed E-state index contributed by atoms with van der Waals surface area (Å²) in [6.07, 6.45) is 6.73. The smallest absolute Gasteiger partial charge is 0.166 e. The van der Waals surface area contributed by atoms with Crippen molar-refractivity contribution in [3.8, 4) is 0 Å². The van der Waals surface area contributed by atoms with Gasteiger partial charge < -0.3 is 0 Å². The highest BCUT2D eigenvalue weighted by molar-refractivity contribution is 5.97. The molecule has 1 aromatic rings. The molecule has 1 heterocycles. The van der Waals surface area contributed by atoms with E-state index in [-0.39, 0.29) is 5.78 Å². The van der Waals surface area contributed by atoms with Gasteiger partial charge >= 0.3 is 0 Å². The molecule has 0 N–H and O–H groups in total. The minimum Gasteiger partial charge on any atom is -0.294 e. The first-order valence-electron chi connectivity index (χ1n) is 5.23. The molecule has 0 radical (unpaired) electrons. The van der Waals surface area contributed by atoms with Crippen molar-refractivity contribution in [1.29, 1.82) is 0 Å². The Balaban J connectivity index is 2.04. The van der Waals surface area contributed by atoms with Crippen molar-refractivity contribution in [2.75, 3.05) is 0 Å². The Kier molecular flexibility index (Phi) is 1.66. The van der Waals surface area contributed by atoms with Crippen LogP contribution >= 0.6 is 0 Å². The minimum atomic E-state index is 0.216. The molecule has 1 saturated carbocycles. The molecule has 0 bridgehead atoms. The summed E-state index contributed by atoms with van der Waals surface area (Å²) < 4.78 is 0. The lowest BCUT2D eigenvalue weighted by atomic mass is 9.96. The molecule has 2 aliphatic rings. The van der Waals surface area contributed by atoms with Gasteiger partial charge in [0.25, 0.3) is 0 Å². The highest BCUT2D eigenvalue weighted by Gasteiger charge is 2.28. The molecule has 0 saturated heterocycles. The van der Waals surface area contributed by atoms with Crippen molar-refractivity contribution in [3.63, 3.8) is 0 Å². The Bertz CT molecular complexity index is 396. The van der Waals surface area contributed by atoms with Gasteiger partial charge in [0, 0.05) is 18.5 Å². The summed E-state index contributed by atoms with van der Waals surface area (Å²) in [6, 6.07) is 0. The number of hydrogen-bond acceptors (Lipinski definition) is 3. The normalized spacial score (nSPS) is 20.7. The average molecular weight is 188 g/mol. The molecule has 0 aromatic carbocycles. The number of carbonyl (C=O) groups excluding carboxylic acids is 1. The lowest BCUT2D eigenvalue weighted by Gasteiger charge is -2.13. The van der Waals surface area contributed by atoms with Gasteiger partial charge in [0.1, 0.15) is 5.82 Å². The van der Waals surface area contributed by atoms with Gasteiger partial charge in [-0.2, -0.15) is 0 Å². The molecule has 0 unspecified atom stereocenters. The molecule has 3 nitrogen and oxygen atoms in total. The van der Waals surface area contributed by atoms with E-state index in [0.717, 1.165) is 29.9 Å². The van der Waals surface area contributed by atoms with Gasteiger partial charge in [0.2, 0.25) is 0 Å². The van der Waals surface area contributed by atoms with E-state index in [2.05, 4.69) is 9.97 Å². The number of ketones is 1. The molecule has 72 valence electrons. The Labute approximate surface area is 82.6 Å². The molecule has 14 heavy (non-hydrogen) atoms. The van der Waals surface area contributed by atoms with E-state index in [1.54, 1.807) is 6.20 Å². The molecule has 1 aromatic heterocycles. The summed E-state index contributed by atoms with van der Waals surface area (Å²) in [6.45, 7) is 0. The standard InChI is InChI=1S/C11H12N2O/c14-10-3-1-2-9-8(10)6-12-11(13-9)7-4-5-7/h6-7H,1-5H2. The number of aromatic nitrogens is 2. The Morgan fingerprint density at radius 3 is 2.93 bits per heavy atom. The largest absolute Gasteiger partial charge is 0.294 e. The highest BCUT2D eigenvalue weighted by Crippen LogP contribution is 2.38. The summed E-state index contributed by atoms with van der Waals surface area (Å²) in [5, 5.41) is 0. The topological polar surface area (TPSA) is 42.9 Å². The van der Waals surface area contributed by atoms with Crippen LogP contribution in [0.2, 0.25) is 0 Å². The second-order valence-electron chi connectivity index (χ2n) is 4.14.